The predicted molar refractivity (Wildman–Crippen MR) is 97.5 cm³/mol. The molecule has 0 radical (unpaired) electrons. The monoisotopic (exact) mass is 357 g/mol. The Morgan fingerprint density at radius 2 is 1.52 bits per heavy atom. The van der Waals surface area contributed by atoms with Crippen LogP contribution < -0.4 is 14.2 Å². The minimum absolute atomic E-state index is 0.201. The lowest BCUT2D eigenvalue weighted by Gasteiger charge is -2.12. The molecule has 0 amide bonds. The Morgan fingerprint density at radius 1 is 0.840 bits per heavy atom. The molecule has 1 N–H and O–H groups in total. The van der Waals surface area contributed by atoms with Gasteiger partial charge in [0.05, 0.1) is 19.1 Å². The van der Waals surface area contributed by atoms with Crippen LogP contribution in [0.5, 0.6) is 11.5 Å². The summed E-state index contributed by atoms with van der Waals surface area (Å²) in [6.07, 6.45) is 0. The lowest BCUT2D eigenvalue weighted by molar-refractivity contribution is 0.414. The summed E-state index contributed by atoms with van der Waals surface area (Å²) in [6.45, 7) is 0.201. The van der Waals surface area contributed by atoms with Gasteiger partial charge < -0.3 is 9.47 Å². The maximum atomic E-state index is 12.8. The SMILES string of the molecule is COc1ccc(CNS(=O)(=O)c2ccc(OC)c3ccccc23)cc1. The number of rotatable bonds is 6. The molecule has 0 bridgehead atoms. The molecule has 0 spiro atoms. The highest BCUT2D eigenvalue weighted by atomic mass is 32.2. The molecule has 130 valence electrons. The third kappa shape index (κ3) is 3.60. The predicted octanol–water partition coefficient (Wildman–Crippen LogP) is 3.34. The fraction of sp³-hybridized carbons (Fsp3) is 0.158. The van der Waals surface area contributed by atoms with Crippen molar-refractivity contribution in [1.82, 2.24) is 4.72 Å². The number of sulfonamides is 1. The van der Waals surface area contributed by atoms with Crippen molar-refractivity contribution in [3.8, 4) is 11.5 Å². The van der Waals surface area contributed by atoms with Crippen molar-refractivity contribution in [2.24, 2.45) is 0 Å². The van der Waals surface area contributed by atoms with Gasteiger partial charge in [-0.2, -0.15) is 0 Å². The lowest BCUT2D eigenvalue weighted by Crippen LogP contribution is -2.23. The first-order valence-electron chi connectivity index (χ1n) is 7.73. The van der Waals surface area contributed by atoms with Crippen molar-refractivity contribution in [2.45, 2.75) is 11.4 Å². The van der Waals surface area contributed by atoms with E-state index in [4.69, 9.17) is 9.47 Å². The highest BCUT2D eigenvalue weighted by molar-refractivity contribution is 7.89. The van der Waals surface area contributed by atoms with Crippen molar-refractivity contribution in [3.05, 3.63) is 66.2 Å². The third-order valence-corrected chi connectivity index (χ3v) is 5.44. The van der Waals surface area contributed by atoms with E-state index in [9.17, 15) is 8.42 Å². The topological polar surface area (TPSA) is 64.6 Å². The van der Waals surface area contributed by atoms with E-state index < -0.39 is 10.0 Å². The molecule has 0 aliphatic rings. The first kappa shape index (κ1) is 17.3. The van der Waals surface area contributed by atoms with Crippen LogP contribution in [0.3, 0.4) is 0 Å². The van der Waals surface area contributed by atoms with Gasteiger partial charge in [0, 0.05) is 17.3 Å². The molecule has 3 rings (SSSR count). The molecule has 6 heteroatoms. The number of ether oxygens (including phenoxy) is 2. The van der Waals surface area contributed by atoms with E-state index in [2.05, 4.69) is 4.72 Å². The van der Waals surface area contributed by atoms with Crippen LogP contribution in [0.1, 0.15) is 5.56 Å². The molecular formula is C19H19NO4S. The Labute approximate surface area is 147 Å². The van der Waals surface area contributed by atoms with Crippen LogP contribution in [0, 0.1) is 0 Å². The van der Waals surface area contributed by atoms with E-state index in [-0.39, 0.29) is 11.4 Å². The summed E-state index contributed by atoms with van der Waals surface area (Å²) in [4.78, 5) is 0.234. The summed E-state index contributed by atoms with van der Waals surface area (Å²) in [5.74, 6) is 1.37. The molecule has 5 nitrogen and oxygen atoms in total. The van der Waals surface area contributed by atoms with Gasteiger partial charge in [-0.1, -0.05) is 36.4 Å². The zero-order chi connectivity index (χ0) is 17.9. The highest BCUT2D eigenvalue weighted by Crippen LogP contribution is 2.30. The van der Waals surface area contributed by atoms with Crippen LogP contribution in [0.2, 0.25) is 0 Å². The quantitative estimate of drug-likeness (QED) is 0.735. The Balaban J connectivity index is 1.90. The molecule has 0 atom stereocenters. The summed E-state index contributed by atoms with van der Waals surface area (Å²) in [6, 6.07) is 17.8. The molecule has 0 unspecified atom stereocenters. The van der Waals surface area contributed by atoms with Crippen molar-refractivity contribution < 1.29 is 17.9 Å². The van der Waals surface area contributed by atoms with Crippen LogP contribution in [-0.2, 0) is 16.6 Å². The Hall–Kier alpha value is -2.57. The fourth-order valence-corrected chi connectivity index (χ4v) is 3.88. The zero-order valence-corrected chi connectivity index (χ0v) is 14.8. The van der Waals surface area contributed by atoms with Crippen LogP contribution in [-0.4, -0.2) is 22.6 Å². The molecule has 0 saturated carbocycles. The second-order valence-corrected chi connectivity index (χ2v) is 7.22. The number of hydrogen-bond acceptors (Lipinski definition) is 4. The molecule has 0 fully saturated rings. The fourth-order valence-electron chi connectivity index (χ4n) is 2.66. The first-order valence-corrected chi connectivity index (χ1v) is 9.22. The maximum Gasteiger partial charge on any atom is 0.241 e. The molecular weight excluding hydrogens is 338 g/mol. The van der Waals surface area contributed by atoms with Gasteiger partial charge in [-0.05, 0) is 29.8 Å². The van der Waals surface area contributed by atoms with Gasteiger partial charge in [-0.15, -0.1) is 0 Å². The van der Waals surface area contributed by atoms with Crippen LogP contribution in [0.25, 0.3) is 10.8 Å². The molecule has 0 aliphatic heterocycles. The summed E-state index contributed by atoms with van der Waals surface area (Å²) >= 11 is 0. The standard InChI is InChI=1S/C19H19NO4S/c1-23-15-9-7-14(8-10-15)13-20-25(21,22)19-12-11-18(24-2)16-5-3-4-6-17(16)19/h3-12,20H,13H2,1-2H3. The lowest BCUT2D eigenvalue weighted by atomic mass is 10.1. The van der Waals surface area contributed by atoms with Gasteiger partial charge in [-0.3, -0.25) is 0 Å². The van der Waals surface area contributed by atoms with Gasteiger partial charge in [0.1, 0.15) is 11.5 Å². The molecule has 3 aromatic rings. The molecule has 0 heterocycles. The average Bonchev–Trinajstić information content (AvgIpc) is 2.66. The second kappa shape index (κ2) is 7.13. The molecule has 25 heavy (non-hydrogen) atoms. The Kier molecular flexibility index (Phi) is 4.92. The summed E-state index contributed by atoms with van der Waals surface area (Å²) in [5.41, 5.74) is 0.849. The highest BCUT2D eigenvalue weighted by Gasteiger charge is 2.18. The van der Waals surface area contributed by atoms with Crippen molar-refractivity contribution in [3.63, 3.8) is 0 Å². The van der Waals surface area contributed by atoms with E-state index in [1.54, 1.807) is 44.6 Å². The molecule has 0 saturated heterocycles. The summed E-state index contributed by atoms with van der Waals surface area (Å²) < 4.78 is 38.6. The number of hydrogen-bond donors (Lipinski definition) is 1. The number of fused-ring (bicyclic) bond motifs is 1. The first-order chi connectivity index (χ1) is 12.0. The van der Waals surface area contributed by atoms with Gasteiger partial charge in [-0.25, -0.2) is 13.1 Å². The number of methoxy groups -OCH3 is 2. The smallest absolute Gasteiger partial charge is 0.241 e. The van der Waals surface area contributed by atoms with Crippen molar-refractivity contribution >= 4 is 20.8 Å². The minimum Gasteiger partial charge on any atom is -0.497 e. The van der Waals surface area contributed by atoms with Crippen LogP contribution in [0.4, 0.5) is 0 Å². The normalized spacial score (nSPS) is 11.4. The van der Waals surface area contributed by atoms with E-state index in [1.807, 2.05) is 30.3 Å². The number of nitrogens with one attached hydrogen (secondary N) is 1. The van der Waals surface area contributed by atoms with Gasteiger partial charge in [0.25, 0.3) is 0 Å². The summed E-state index contributed by atoms with van der Waals surface area (Å²) in [7, 11) is -0.505. The minimum atomic E-state index is -3.66. The van der Waals surface area contributed by atoms with Gasteiger partial charge in [0.2, 0.25) is 10.0 Å². The number of benzene rings is 3. The van der Waals surface area contributed by atoms with Crippen LogP contribution >= 0.6 is 0 Å². The largest absolute Gasteiger partial charge is 0.497 e. The second-order valence-electron chi connectivity index (χ2n) is 5.48. The van der Waals surface area contributed by atoms with Crippen molar-refractivity contribution in [2.75, 3.05) is 14.2 Å². The maximum absolute atomic E-state index is 12.8. The molecule has 0 aromatic heterocycles. The zero-order valence-electron chi connectivity index (χ0n) is 14.0. The van der Waals surface area contributed by atoms with E-state index >= 15 is 0 Å². The van der Waals surface area contributed by atoms with Gasteiger partial charge in [0.15, 0.2) is 0 Å². The van der Waals surface area contributed by atoms with Crippen molar-refractivity contribution in [1.29, 1.82) is 0 Å². The summed E-state index contributed by atoms with van der Waals surface area (Å²) in [5, 5.41) is 1.39. The molecule has 0 aliphatic carbocycles. The third-order valence-electron chi connectivity index (χ3n) is 3.98. The average molecular weight is 357 g/mol. The van der Waals surface area contributed by atoms with E-state index in [0.717, 1.165) is 16.7 Å². The van der Waals surface area contributed by atoms with E-state index in [0.29, 0.717) is 11.1 Å². The Morgan fingerprint density at radius 3 is 2.16 bits per heavy atom. The molecule has 3 aromatic carbocycles. The Bertz CT molecular complexity index is 982. The van der Waals surface area contributed by atoms with E-state index in [1.165, 1.54) is 0 Å². The van der Waals surface area contributed by atoms with Crippen LogP contribution in [0.15, 0.2) is 65.6 Å². The van der Waals surface area contributed by atoms with Gasteiger partial charge >= 0.3 is 0 Å².